The fraction of sp³-hybridized carbons (Fsp3) is 0.0500. The van der Waals surface area contributed by atoms with Crippen molar-refractivity contribution in [1.29, 1.82) is 0 Å². The number of aromatic nitrogens is 3. The van der Waals surface area contributed by atoms with Gasteiger partial charge in [-0.05, 0) is 6.07 Å². The third-order valence-corrected chi connectivity index (χ3v) is 7.51. The van der Waals surface area contributed by atoms with Crippen molar-refractivity contribution in [1.82, 2.24) is 15.2 Å². The van der Waals surface area contributed by atoms with Crippen LogP contribution in [0.3, 0.4) is 0 Å². The molecule has 3 heterocycles. The van der Waals surface area contributed by atoms with Gasteiger partial charge in [-0.2, -0.15) is 0 Å². The Balaban J connectivity index is 1.32. The molecule has 0 atom stereocenters. The second-order valence-electron chi connectivity index (χ2n) is 5.91. The van der Waals surface area contributed by atoms with Crippen molar-refractivity contribution in [3.8, 4) is 21.3 Å². The van der Waals surface area contributed by atoms with Crippen LogP contribution in [-0.4, -0.2) is 15.2 Å². The molecule has 0 saturated heterocycles. The zero-order chi connectivity index (χ0) is 18.9. The molecular weight excluding hydrogens is 430 g/mol. The molecule has 28 heavy (non-hydrogen) atoms. The Hall–Kier alpha value is -2.19. The average Bonchev–Trinajstić information content (AvgIpc) is 3.46. The van der Waals surface area contributed by atoms with E-state index in [2.05, 4.69) is 27.7 Å². The van der Waals surface area contributed by atoms with Crippen molar-refractivity contribution in [2.75, 3.05) is 0 Å². The number of hydrogen-bond donors (Lipinski definition) is 0. The highest BCUT2D eigenvalue weighted by atomic mass is 35.5. The predicted molar refractivity (Wildman–Crippen MR) is 117 cm³/mol. The van der Waals surface area contributed by atoms with Crippen molar-refractivity contribution in [3.63, 3.8) is 0 Å². The van der Waals surface area contributed by atoms with E-state index in [1.165, 1.54) is 11.8 Å². The van der Waals surface area contributed by atoms with Gasteiger partial charge < -0.3 is 4.42 Å². The third-order valence-electron chi connectivity index (χ3n) is 4.05. The van der Waals surface area contributed by atoms with Gasteiger partial charge in [-0.3, -0.25) is 0 Å². The van der Waals surface area contributed by atoms with Crippen LogP contribution in [0.25, 0.3) is 31.4 Å². The van der Waals surface area contributed by atoms with Crippen LogP contribution in [0.5, 0.6) is 0 Å². The largest absolute Gasteiger partial charge is 0.410 e. The van der Waals surface area contributed by atoms with Crippen LogP contribution in [0.4, 0.5) is 0 Å². The van der Waals surface area contributed by atoms with Crippen LogP contribution in [0, 0.1) is 0 Å². The number of hydrogen-bond acceptors (Lipinski definition) is 7. The first-order valence-corrected chi connectivity index (χ1v) is 11.5. The molecular formula is C20H12ClN3OS3. The molecule has 0 spiro atoms. The molecule has 5 aromatic rings. The van der Waals surface area contributed by atoms with Crippen molar-refractivity contribution in [2.24, 2.45) is 0 Å². The molecule has 0 radical (unpaired) electrons. The first-order valence-electron chi connectivity index (χ1n) is 8.41. The summed E-state index contributed by atoms with van der Waals surface area (Å²) in [6, 6.07) is 18.2. The summed E-state index contributed by atoms with van der Waals surface area (Å²) in [5.41, 5.74) is 2.12. The summed E-state index contributed by atoms with van der Waals surface area (Å²) in [6.07, 6.45) is 0. The third kappa shape index (κ3) is 3.46. The molecule has 3 aromatic heterocycles. The fourth-order valence-electron chi connectivity index (χ4n) is 2.73. The zero-order valence-corrected chi connectivity index (χ0v) is 17.5. The van der Waals surface area contributed by atoms with Gasteiger partial charge in [0.15, 0.2) is 0 Å². The summed E-state index contributed by atoms with van der Waals surface area (Å²) in [7, 11) is 0. The maximum atomic E-state index is 6.50. The van der Waals surface area contributed by atoms with Gasteiger partial charge in [0.1, 0.15) is 9.88 Å². The van der Waals surface area contributed by atoms with E-state index in [1.807, 2.05) is 42.5 Å². The highest BCUT2D eigenvalue weighted by Gasteiger charge is 2.18. The minimum absolute atomic E-state index is 0.456. The van der Waals surface area contributed by atoms with E-state index in [9.17, 15) is 0 Å². The molecule has 2 aromatic carbocycles. The normalized spacial score (nSPS) is 11.3. The smallest absolute Gasteiger partial charge is 0.277 e. The Morgan fingerprint density at radius 3 is 2.68 bits per heavy atom. The summed E-state index contributed by atoms with van der Waals surface area (Å²) in [5, 5.41) is 13.6. The molecule has 0 bridgehead atoms. The fourth-order valence-corrected chi connectivity index (χ4v) is 5.75. The molecule has 138 valence electrons. The summed E-state index contributed by atoms with van der Waals surface area (Å²) in [5.74, 6) is 1.13. The number of halogens is 1. The number of thioether (sulfide) groups is 1. The summed E-state index contributed by atoms with van der Waals surface area (Å²) < 4.78 is 6.94. The molecule has 0 aliphatic rings. The standard InChI is InChI=1S/C20H12ClN3OS3/c21-16-14-8-4-5-9-15(14)28-17(16)18-23-24-20(25-18)27-11-13-10-26-19(22-13)12-6-2-1-3-7-12/h1-10H,11H2. The van der Waals surface area contributed by atoms with Crippen LogP contribution >= 0.6 is 46.0 Å². The lowest BCUT2D eigenvalue weighted by Gasteiger charge is -1.94. The van der Waals surface area contributed by atoms with Crippen LogP contribution in [0.2, 0.25) is 5.02 Å². The van der Waals surface area contributed by atoms with Crippen molar-refractivity contribution >= 4 is 56.1 Å². The molecule has 0 unspecified atom stereocenters. The number of thiophene rings is 1. The van der Waals surface area contributed by atoms with E-state index in [0.29, 0.717) is 21.9 Å². The summed E-state index contributed by atoms with van der Waals surface area (Å²) >= 11 is 11.2. The number of nitrogens with zero attached hydrogens (tertiary/aromatic N) is 3. The van der Waals surface area contributed by atoms with E-state index < -0.39 is 0 Å². The van der Waals surface area contributed by atoms with Gasteiger partial charge in [-0.1, -0.05) is 71.9 Å². The number of rotatable bonds is 5. The van der Waals surface area contributed by atoms with E-state index in [1.54, 1.807) is 22.7 Å². The van der Waals surface area contributed by atoms with Gasteiger partial charge in [0.05, 0.1) is 10.7 Å². The van der Waals surface area contributed by atoms with E-state index >= 15 is 0 Å². The minimum Gasteiger partial charge on any atom is -0.410 e. The molecule has 4 nitrogen and oxygen atoms in total. The lowest BCUT2D eigenvalue weighted by atomic mass is 10.2. The maximum Gasteiger partial charge on any atom is 0.277 e. The molecule has 0 N–H and O–H groups in total. The van der Waals surface area contributed by atoms with Gasteiger partial charge in [0.2, 0.25) is 0 Å². The first-order chi connectivity index (χ1) is 13.8. The van der Waals surface area contributed by atoms with Crippen molar-refractivity contribution in [3.05, 3.63) is 70.7 Å². The van der Waals surface area contributed by atoms with E-state index in [-0.39, 0.29) is 0 Å². The molecule has 0 fully saturated rings. The maximum absolute atomic E-state index is 6.50. The van der Waals surface area contributed by atoms with Crippen LogP contribution in [0.15, 0.2) is 69.6 Å². The molecule has 8 heteroatoms. The van der Waals surface area contributed by atoms with E-state index in [0.717, 1.165) is 31.2 Å². The Morgan fingerprint density at radius 1 is 1.00 bits per heavy atom. The number of fused-ring (bicyclic) bond motifs is 1. The second-order valence-corrected chi connectivity index (χ2v) is 9.13. The van der Waals surface area contributed by atoms with Crippen LogP contribution < -0.4 is 0 Å². The van der Waals surface area contributed by atoms with Crippen molar-refractivity contribution < 1.29 is 4.42 Å². The summed E-state index contributed by atoms with van der Waals surface area (Å²) in [6.45, 7) is 0. The molecule has 0 saturated carbocycles. The molecule has 0 aliphatic carbocycles. The van der Waals surface area contributed by atoms with Gasteiger partial charge in [-0.15, -0.1) is 32.9 Å². The average molecular weight is 442 g/mol. The highest BCUT2D eigenvalue weighted by molar-refractivity contribution is 7.98. The topological polar surface area (TPSA) is 51.8 Å². The van der Waals surface area contributed by atoms with Gasteiger partial charge in [0.25, 0.3) is 11.1 Å². The van der Waals surface area contributed by atoms with Gasteiger partial charge in [-0.25, -0.2) is 4.98 Å². The zero-order valence-electron chi connectivity index (χ0n) is 14.3. The number of thiazole rings is 1. The van der Waals surface area contributed by atoms with Gasteiger partial charge >= 0.3 is 0 Å². The quantitative estimate of drug-likeness (QED) is 0.274. The highest BCUT2D eigenvalue weighted by Crippen LogP contribution is 2.42. The second kappa shape index (κ2) is 7.67. The number of benzene rings is 2. The van der Waals surface area contributed by atoms with E-state index in [4.69, 9.17) is 21.0 Å². The Bertz CT molecular complexity index is 1250. The van der Waals surface area contributed by atoms with Crippen molar-refractivity contribution in [2.45, 2.75) is 11.0 Å². The van der Waals surface area contributed by atoms with Crippen LogP contribution in [0.1, 0.15) is 5.69 Å². The Labute approximate surface area is 178 Å². The SMILES string of the molecule is Clc1c(-c2nnc(SCc3csc(-c4ccccc4)n3)o2)sc2ccccc12. The molecule has 0 amide bonds. The molecule has 5 rings (SSSR count). The van der Waals surface area contributed by atoms with Crippen LogP contribution in [-0.2, 0) is 5.75 Å². The summed E-state index contributed by atoms with van der Waals surface area (Å²) in [4.78, 5) is 5.50. The minimum atomic E-state index is 0.456. The lowest BCUT2D eigenvalue weighted by Crippen LogP contribution is -1.82. The first kappa shape index (κ1) is 17.9. The molecule has 0 aliphatic heterocycles. The monoisotopic (exact) mass is 441 g/mol. The predicted octanol–water partition coefficient (Wildman–Crippen LogP) is 7.02. The Kier molecular flexibility index (Phi) is 4.90. The Morgan fingerprint density at radius 2 is 1.82 bits per heavy atom. The van der Waals surface area contributed by atoms with Gasteiger partial charge in [0, 0.05) is 26.8 Å². The lowest BCUT2D eigenvalue weighted by molar-refractivity contribution is 0.466.